The number of carbonyl (C=O) groups is 4. The van der Waals surface area contributed by atoms with Crippen molar-refractivity contribution in [3.05, 3.63) is 324 Å². The topological polar surface area (TPSA) is 122 Å². The number of nitrogens with zero attached hydrogens (tertiary/aromatic N) is 4. The summed E-state index contributed by atoms with van der Waals surface area (Å²) >= 11 is 0. The van der Waals surface area contributed by atoms with Gasteiger partial charge < -0.3 is 37.7 Å². The van der Waals surface area contributed by atoms with Crippen LogP contribution in [-0.2, 0) is 45.4 Å². The fourth-order valence-corrected chi connectivity index (χ4v) is 15.1. The number of aromatic nitrogens is 2. The van der Waals surface area contributed by atoms with Crippen LogP contribution in [0.3, 0.4) is 0 Å². The molecule has 0 saturated carbocycles. The predicted molar refractivity (Wildman–Crippen MR) is 378 cm³/mol. The summed E-state index contributed by atoms with van der Waals surface area (Å²) in [7, 11) is 0. The van der Waals surface area contributed by atoms with E-state index in [1.807, 2.05) is 158 Å². The third kappa shape index (κ3) is 9.08. The van der Waals surface area contributed by atoms with Crippen LogP contribution >= 0.6 is 0 Å². The van der Waals surface area contributed by atoms with Gasteiger partial charge in [0.1, 0.15) is 26.4 Å². The SMILES string of the molecule is O=C(OCc1ccccc1)c1cc(C(=O)OCc2ccccc2)cc(N2c3ccccc3B3c4c(cccc42)-c2cccc4c2n3c2c3cccc5c3n(c42)B2c3ccccc3N(c3cc(C(=O)OCc4ccccc4)cc(C(=O)OCc4ccccc4)c3)c3cccc-5c32)c1. The van der Waals surface area contributed by atoms with Crippen LogP contribution in [0.15, 0.2) is 279 Å². The van der Waals surface area contributed by atoms with Crippen molar-refractivity contribution in [3.63, 3.8) is 0 Å². The lowest BCUT2D eigenvalue weighted by Gasteiger charge is -2.40. The van der Waals surface area contributed by atoms with E-state index in [1.54, 1.807) is 12.1 Å². The first-order chi connectivity index (χ1) is 47.3. The smallest absolute Gasteiger partial charge is 0.338 e. The molecule has 4 aliphatic heterocycles. The molecule has 0 unspecified atom stereocenters. The molecule has 0 N–H and O–H groups in total. The number of fused-ring (bicyclic) bond motifs is 13. The van der Waals surface area contributed by atoms with Gasteiger partial charge in [-0.25, -0.2) is 19.2 Å². The van der Waals surface area contributed by atoms with Gasteiger partial charge in [0.25, 0.3) is 0 Å². The number of benzene rings is 12. The highest BCUT2D eigenvalue weighted by atomic mass is 16.5. The van der Waals surface area contributed by atoms with E-state index in [-0.39, 0.29) is 62.4 Å². The van der Waals surface area contributed by atoms with E-state index < -0.39 is 23.9 Å². The minimum absolute atomic E-state index is 0.0501. The Hall–Kier alpha value is -12.4. The maximum absolute atomic E-state index is 14.4. The minimum atomic E-state index is -0.574. The Morgan fingerprint density at radius 1 is 0.281 bits per heavy atom. The second-order valence-corrected chi connectivity index (χ2v) is 24.7. The van der Waals surface area contributed by atoms with E-state index in [0.29, 0.717) is 11.4 Å². The van der Waals surface area contributed by atoms with Crippen molar-refractivity contribution in [1.29, 1.82) is 0 Å². The molecule has 0 amide bonds. The van der Waals surface area contributed by atoms with Gasteiger partial charge in [0.05, 0.1) is 33.3 Å². The molecule has 14 heteroatoms. The van der Waals surface area contributed by atoms with Crippen LogP contribution in [-0.4, -0.2) is 46.5 Å². The van der Waals surface area contributed by atoms with E-state index in [4.69, 9.17) is 18.9 Å². The number of anilines is 6. The molecule has 0 radical (unpaired) electrons. The summed E-state index contributed by atoms with van der Waals surface area (Å²) in [5, 5.41) is 2.20. The van der Waals surface area contributed by atoms with Crippen molar-refractivity contribution in [1.82, 2.24) is 8.96 Å². The van der Waals surface area contributed by atoms with Gasteiger partial charge in [-0.3, -0.25) is 0 Å². The molecule has 0 saturated heterocycles. The molecule has 12 aromatic carbocycles. The van der Waals surface area contributed by atoms with E-state index in [0.717, 1.165) is 122 Å². The maximum atomic E-state index is 14.4. The standard InChI is InChI=1S/C82H54B2N4O8/c89-79(93-47-51-21-5-1-6-22-51)55-41-56(80(90)94-48-52-23-7-2-8-24-52)44-59(43-55)85-69-37-15-13-35-67(69)83-73-61(29-19-39-71(73)85)63-31-17-33-65-75(63)87(83)77-66-34-18-32-64-62-30-20-40-72-74(62)84(88(76(64)66)78(65)77)68-36-14-16-38-70(68)86(72)60-45-57(81(91)95-49-53-25-9-3-10-26-53)42-58(46-60)82(92)96-50-54-27-11-4-12-28-54/h1-46H,47-50H2. The number of esters is 4. The molecular weight excluding hydrogens is 1190 g/mol. The van der Waals surface area contributed by atoms with E-state index >= 15 is 0 Å². The largest absolute Gasteiger partial charge is 0.457 e. The van der Waals surface area contributed by atoms with Gasteiger partial charge >= 0.3 is 37.6 Å². The molecule has 6 heterocycles. The first-order valence-corrected chi connectivity index (χ1v) is 32.1. The van der Waals surface area contributed by atoms with Crippen molar-refractivity contribution < 1.29 is 38.1 Å². The summed E-state index contributed by atoms with van der Waals surface area (Å²) in [6, 6.07) is 91.7. The van der Waals surface area contributed by atoms with E-state index in [2.05, 4.69) is 128 Å². The highest BCUT2D eigenvalue weighted by Crippen LogP contribution is 2.51. The number of para-hydroxylation sites is 4. The fourth-order valence-electron chi connectivity index (χ4n) is 15.1. The highest BCUT2D eigenvalue weighted by Gasteiger charge is 2.47. The first kappa shape index (κ1) is 56.4. The molecule has 12 nitrogen and oxygen atoms in total. The summed E-state index contributed by atoms with van der Waals surface area (Å²) in [5.41, 5.74) is 21.8. The molecule has 0 spiro atoms. The minimum Gasteiger partial charge on any atom is -0.457 e. The second-order valence-electron chi connectivity index (χ2n) is 24.7. The molecule has 456 valence electrons. The Morgan fingerprint density at radius 2 is 0.573 bits per heavy atom. The van der Waals surface area contributed by atoms with Crippen molar-refractivity contribution in [2.45, 2.75) is 26.4 Å². The Kier molecular flexibility index (Phi) is 13.3. The van der Waals surface area contributed by atoms with Crippen LogP contribution in [0.1, 0.15) is 63.7 Å². The third-order valence-electron chi connectivity index (χ3n) is 19.2. The van der Waals surface area contributed by atoms with Crippen LogP contribution in [0.5, 0.6) is 0 Å². The van der Waals surface area contributed by atoms with Gasteiger partial charge in [-0.2, -0.15) is 0 Å². The predicted octanol–water partition coefficient (Wildman–Crippen LogP) is 15.0. The average Bonchev–Trinajstić information content (AvgIpc) is 1.39. The normalized spacial score (nSPS) is 12.6. The summed E-state index contributed by atoms with van der Waals surface area (Å²) in [4.78, 5) is 62.0. The Labute approximate surface area is 552 Å². The molecule has 2 aromatic heterocycles. The lowest BCUT2D eigenvalue weighted by molar-refractivity contribution is 0.0453. The van der Waals surface area contributed by atoms with E-state index in [9.17, 15) is 19.2 Å². The summed E-state index contributed by atoms with van der Waals surface area (Å²) in [6.45, 7) is -0.487. The highest BCUT2D eigenvalue weighted by molar-refractivity contribution is 6.92. The summed E-state index contributed by atoms with van der Waals surface area (Å²) in [5.74, 6) is -2.30. The van der Waals surface area contributed by atoms with Crippen LogP contribution < -0.4 is 31.7 Å². The number of carbonyl (C=O) groups excluding carboxylic acids is 4. The van der Waals surface area contributed by atoms with Crippen LogP contribution in [0, 0.1) is 0 Å². The monoisotopic (exact) mass is 1240 g/mol. The molecule has 18 rings (SSSR count). The zero-order valence-electron chi connectivity index (χ0n) is 51.6. The first-order valence-electron chi connectivity index (χ1n) is 32.1. The molecule has 0 atom stereocenters. The lowest BCUT2D eigenvalue weighted by Crippen LogP contribution is -2.56. The van der Waals surface area contributed by atoms with Gasteiger partial charge in [0.2, 0.25) is 0 Å². The molecule has 96 heavy (non-hydrogen) atoms. The number of hydrogen-bond acceptors (Lipinski definition) is 10. The van der Waals surface area contributed by atoms with Crippen molar-refractivity contribution >= 4 is 126 Å². The molecule has 0 fully saturated rings. The molecule has 4 aliphatic rings. The number of hydrogen-bond donors (Lipinski definition) is 0. The lowest BCUT2D eigenvalue weighted by atomic mass is 9.45. The summed E-state index contributed by atoms with van der Waals surface area (Å²) in [6.07, 6.45) is 0. The van der Waals surface area contributed by atoms with Gasteiger partial charge in [-0.15, -0.1) is 0 Å². The molecule has 14 aromatic rings. The van der Waals surface area contributed by atoms with Gasteiger partial charge in [0.15, 0.2) is 0 Å². The van der Waals surface area contributed by atoms with Gasteiger partial charge in [-0.1, -0.05) is 218 Å². The van der Waals surface area contributed by atoms with E-state index in [1.165, 1.54) is 0 Å². The van der Waals surface area contributed by atoms with Crippen molar-refractivity contribution in [2.75, 3.05) is 9.80 Å². The van der Waals surface area contributed by atoms with Crippen molar-refractivity contribution in [3.8, 4) is 22.3 Å². The van der Waals surface area contributed by atoms with Crippen molar-refractivity contribution in [2.24, 2.45) is 0 Å². The summed E-state index contributed by atoms with van der Waals surface area (Å²) < 4.78 is 29.1. The Balaban J connectivity index is 0.796. The average molecular weight is 1240 g/mol. The van der Waals surface area contributed by atoms with Crippen LogP contribution in [0.4, 0.5) is 34.1 Å². The second kappa shape index (κ2) is 22.7. The maximum Gasteiger partial charge on any atom is 0.338 e. The zero-order valence-corrected chi connectivity index (χ0v) is 51.6. The number of ether oxygens (including phenoxy) is 4. The van der Waals surface area contributed by atoms with Crippen LogP contribution in [0.2, 0.25) is 0 Å². The third-order valence-corrected chi connectivity index (χ3v) is 19.2. The fraction of sp³-hybridized carbons (Fsp3) is 0.0488. The Morgan fingerprint density at radius 3 is 0.917 bits per heavy atom. The molecule has 0 bridgehead atoms. The van der Waals surface area contributed by atoms with Gasteiger partial charge in [-0.05, 0) is 116 Å². The van der Waals surface area contributed by atoms with Crippen LogP contribution in [0.25, 0.3) is 55.1 Å². The Bertz CT molecular complexity index is 5070. The quantitative estimate of drug-likeness (QED) is 0.0591. The molecule has 0 aliphatic carbocycles. The zero-order chi connectivity index (χ0) is 64.1. The van der Waals surface area contributed by atoms with Gasteiger partial charge in [0, 0.05) is 67.1 Å². The number of rotatable bonds is 14. The molecular formula is C82H54B2N4O8.